The molecule has 4 rings (SSSR count). The lowest BCUT2D eigenvalue weighted by molar-refractivity contribution is -0.132. The standard InChI is InChI=1S/C29H31NO4/c1-16-12-17(2)14-21(13-16)30-25(23-11-9-19(4)34-23)24(27(32)28(30)33)26(31)22-15-20(29(5,6)7)10-8-18(22)3/h8-15,25,31H,1-7H3/b26-24+. The summed E-state index contributed by atoms with van der Waals surface area (Å²) < 4.78 is 5.91. The summed E-state index contributed by atoms with van der Waals surface area (Å²) in [7, 11) is 0. The predicted molar refractivity (Wildman–Crippen MR) is 134 cm³/mol. The Morgan fingerprint density at radius 1 is 0.912 bits per heavy atom. The largest absolute Gasteiger partial charge is 0.507 e. The lowest BCUT2D eigenvalue weighted by atomic mass is 9.84. The number of furan rings is 1. The first-order valence-electron chi connectivity index (χ1n) is 11.5. The molecule has 1 aliphatic heterocycles. The van der Waals surface area contributed by atoms with Gasteiger partial charge in [0, 0.05) is 11.3 Å². The number of hydrogen-bond acceptors (Lipinski definition) is 4. The third kappa shape index (κ3) is 4.07. The molecule has 1 atom stereocenters. The Bertz CT molecular complexity index is 1320. The van der Waals surface area contributed by atoms with Gasteiger partial charge in [0.1, 0.15) is 23.3 Å². The summed E-state index contributed by atoms with van der Waals surface area (Å²) >= 11 is 0. The maximum Gasteiger partial charge on any atom is 0.300 e. The molecule has 1 unspecified atom stereocenters. The summed E-state index contributed by atoms with van der Waals surface area (Å²) in [5.41, 5.74) is 4.81. The van der Waals surface area contributed by atoms with Crippen LogP contribution in [0.1, 0.15) is 66.2 Å². The van der Waals surface area contributed by atoms with Gasteiger partial charge in [0.25, 0.3) is 11.7 Å². The van der Waals surface area contributed by atoms with Gasteiger partial charge in [-0.15, -0.1) is 0 Å². The minimum absolute atomic E-state index is 0.0349. The van der Waals surface area contributed by atoms with Gasteiger partial charge >= 0.3 is 0 Å². The van der Waals surface area contributed by atoms with Gasteiger partial charge in [-0.25, -0.2) is 0 Å². The van der Waals surface area contributed by atoms with Gasteiger partial charge in [0.15, 0.2) is 0 Å². The third-order valence-corrected chi connectivity index (χ3v) is 6.32. The van der Waals surface area contributed by atoms with E-state index in [4.69, 9.17) is 4.42 Å². The van der Waals surface area contributed by atoms with Crippen molar-refractivity contribution in [3.63, 3.8) is 0 Å². The summed E-state index contributed by atoms with van der Waals surface area (Å²) in [5.74, 6) is -0.506. The minimum Gasteiger partial charge on any atom is -0.507 e. The molecule has 5 heteroatoms. The van der Waals surface area contributed by atoms with Crippen LogP contribution in [0, 0.1) is 27.7 Å². The van der Waals surface area contributed by atoms with E-state index < -0.39 is 17.7 Å². The number of aliphatic hydroxyl groups is 1. The summed E-state index contributed by atoms with van der Waals surface area (Å²) in [6, 6.07) is 14.3. The molecule has 0 aliphatic carbocycles. The number of carbonyl (C=O) groups is 2. The van der Waals surface area contributed by atoms with Crippen LogP contribution in [0.25, 0.3) is 5.76 Å². The Labute approximate surface area is 200 Å². The number of ketones is 1. The summed E-state index contributed by atoms with van der Waals surface area (Å²) in [4.78, 5) is 28.2. The lowest BCUT2D eigenvalue weighted by Gasteiger charge is -2.25. The molecule has 176 valence electrons. The number of rotatable bonds is 3. The van der Waals surface area contributed by atoms with E-state index in [-0.39, 0.29) is 16.7 Å². The fraction of sp³-hybridized carbons (Fsp3) is 0.310. The fourth-order valence-corrected chi connectivity index (χ4v) is 4.55. The van der Waals surface area contributed by atoms with Gasteiger partial charge < -0.3 is 9.52 Å². The molecule has 0 bridgehead atoms. The van der Waals surface area contributed by atoms with Crippen molar-refractivity contribution in [2.75, 3.05) is 4.90 Å². The zero-order valence-corrected chi connectivity index (χ0v) is 20.8. The van der Waals surface area contributed by atoms with Crippen molar-refractivity contribution in [2.24, 2.45) is 0 Å². The number of benzene rings is 2. The molecule has 1 aliphatic rings. The van der Waals surface area contributed by atoms with Crippen LogP contribution >= 0.6 is 0 Å². The number of amides is 1. The molecule has 34 heavy (non-hydrogen) atoms. The molecule has 1 aromatic heterocycles. The Morgan fingerprint density at radius 2 is 1.56 bits per heavy atom. The van der Waals surface area contributed by atoms with Gasteiger partial charge in [0.2, 0.25) is 0 Å². The van der Waals surface area contributed by atoms with Crippen LogP contribution in [-0.2, 0) is 15.0 Å². The number of carbonyl (C=O) groups excluding carboxylic acids is 2. The number of aryl methyl sites for hydroxylation is 4. The average molecular weight is 458 g/mol. The molecule has 1 N–H and O–H groups in total. The van der Waals surface area contributed by atoms with E-state index in [0.717, 1.165) is 22.3 Å². The van der Waals surface area contributed by atoms with Crippen molar-refractivity contribution in [3.05, 3.63) is 93.4 Å². The zero-order chi connectivity index (χ0) is 24.9. The molecule has 2 aromatic carbocycles. The second-order valence-electron chi connectivity index (χ2n) is 10.2. The maximum atomic E-state index is 13.4. The van der Waals surface area contributed by atoms with Gasteiger partial charge in [-0.2, -0.15) is 0 Å². The smallest absolute Gasteiger partial charge is 0.300 e. The van der Waals surface area contributed by atoms with E-state index in [2.05, 4.69) is 20.8 Å². The molecule has 2 heterocycles. The van der Waals surface area contributed by atoms with Crippen molar-refractivity contribution < 1.29 is 19.1 Å². The maximum absolute atomic E-state index is 13.4. The monoisotopic (exact) mass is 457 g/mol. The Balaban J connectivity index is 1.98. The summed E-state index contributed by atoms with van der Waals surface area (Å²) in [6.07, 6.45) is 0. The van der Waals surface area contributed by atoms with E-state index in [9.17, 15) is 14.7 Å². The SMILES string of the molecule is Cc1cc(C)cc(N2C(=O)C(=O)/C(=C(/O)c3cc(C(C)(C)C)ccc3C)C2c2ccc(C)o2)c1. The molecule has 5 nitrogen and oxygen atoms in total. The van der Waals surface area contributed by atoms with Crippen molar-refractivity contribution in [1.82, 2.24) is 0 Å². The fourth-order valence-electron chi connectivity index (χ4n) is 4.55. The van der Waals surface area contributed by atoms with E-state index in [0.29, 0.717) is 22.8 Å². The van der Waals surface area contributed by atoms with E-state index in [1.165, 1.54) is 4.90 Å². The van der Waals surface area contributed by atoms with Gasteiger partial charge in [-0.1, -0.05) is 39.0 Å². The molecule has 0 radical (unpaired) electrons. The predicted octanol–water partition coefficient (Wildman–Crippen LogP) is 6.44. The molecular formula is C29H31NO4. The van der Waals surface area contributed by atoms with Crippen LogP contribution < -0.4 is 4.90 Å². The first-order chi connectivity index (χ1) is 15.9. The van der Waals surface area contributed by atoms with Crippen molar-refractivity contribution in [2.45, 2.75) is 59.9 Å². The highest BCUT2D eigenvalue weighted by molar-refractivity contribution is 6.51. The minimum atomic E-state index is -0.868. The number of hydrogen-bond donors (Lipinski definition) is 1. The molecular weight excluding hydrogens is 426 g/mol. The Kier molecular flexibility index (Phi) is 5.76. The highest BCUT2D eigenvalue weighted by atomic mass is 16.3. The van der Waals surface area contributed by atoms with Crippen molar-refractivity contribution in [3.8, 4) is 0 Å². The van der Waals surface area contributed by atoms with Crippen LogP contribution in [0.3, 0.4) is 0 Å². The normalized spacial score (nSPS) is 18.1. The van der Waals surface area contributed by atoms with Crippen molar-refractivity contribution >= 4 is 23.1 Å². The molecule has 0 spiro atoms. The third-order valence-electron chi connectivity index (χ3n) is 6.32. The topological polar surface area (TPSA) is 70.8 Å². The molecule has 1 saturated heterocycles. The summed E-state index contributed by atoms with van der Waals surface area (Å²) in [6.45, 7) is 13.8. The molecule has 1 amide bonds. The first kappa shape index (κ1) is 23.6. The van der Waals surface area contributed by atoms with Crippen molar-refractivity contribution in [1.29, 1.82) is 0 Å². The quantitative estimate of drug-likeness (QED) is 0.279. The zero-order valence-electron chi connectivity index (χ0n) is 20.8. The summed E-state index contributed by atoms with van der Waals surface area (Å²) in [5, 5.41) is 11.5. The highest BCUT2D eigenvalue weighted by Crippen LogP contribution is 2.43. The van der Waals surface area contributed by atoms with E-state index in [1.54, 1.807) is 12.1 Å². The average Bonchev–Trinajstić information content (AvgIpc) is 3.27. The number of aliphatic hydroxyl groups excluding tert-OH is 1. The highest BCUT2D eigenvalue weighted by Gasteiger charge is 2.48. The van der Waals surface area contributed by atoms with E-state index in [1.807, 2.05) is 64.1 Å². The molecule has 0 saturated carbocycles. The lowest BCUT2D eigenvalue weighted by Crippen LogP contribution is -2.29. The second-order valence-corrected chi connectivity index (χ2v) is 10.2. The van der Waals surface area contributed by atoms with Gasteiger partial charge in [-0.05, 0) is 85.7 Å². The van der Waals surface area contributed by atoms with Crippen LogP contribution in [-0.4, -0.2) is 16.8 Å². The molecule has 3 aromatic rings. The van der Waals surface area contributed by atoms with Crippen LogP contribution in [0.5, 0.6) is 0 Å². The van der Waals surface area contributed by atoms with Crippen LogP contribution in [0.15, 0.2) is 58.5 Å². The van der Waals surface area contributed by atoms with Crippen LogP contribution in [0.2, 0.25) is 0 Å². The van der Waals surface area contributed by atoms with Gasteiger partial charge in [-0.3, -0.25) is 14.5 Å². The van der Waals surface area contributed by atoms with Gasteiger partial charge in [0.05, 0.1) is 5.57 Å². The number of Topliss-reactive ketones (excluding diaryl/α,β-unsaturated/α-hetero) is 1. The molecule has 1 fully saturated rings. The number of anilines is 1. The Hall–Kier alpha value is -3.60. The first-order valence-corrected chi connectivity index (χ1v) is 11.5. The van der Waals surface area contributed by atoms with E-state index >= 15 is 0 Å². The number of nitrogens with zero attached hydrogens (tertiary/aromatic N) is 1. The Morgan fingerprint density at radius 3 is 2.12 bits per heavy atom. The second kappa shape index (κ2) is 8.32. The van der Waals surface area contributed by atoms with Crippen LogP contribution in [0.4, 0.5) is 5.69 Å².